The van der Waals surface area contributed by atoms with Gasteiger partial charge in [-0.3, -0.25) is 19.5 Å². The maximum atomic E-state index is 12.6. The smallest absolute Gasteiger partial charge is 0.305 e. The van der Waals surface area contributed by atoms with E-state index in [2.05, 4.69) is 9.97 Å². The number of carbonyl (C=O) groups excluding carboxylic acids is 1. The van der Waals surface area contributed by atoms with E-state index >= 15 is 0 Å². The molecule has 6 nitrogen and oxygen atoms in total. The Morgan fingerprint density at radius 2 is 2.00 bits per heavy atom. The molecule has 0 fully saturated rings. The van der Waals surface area contributed by atoms with E-state index in [1.54, 1.807) is 30.6 Å². The third-order valence-electron chi connectivity index (χ3n) is 2.94. The molecule has 0 saturated heterocycles. The Labute approximate surface area is 122 Å². The zero-order valence-electron chi connectivity index (χ0n) is 11.6. The van der Waals surface area contributed by atoms with Crippen molar-refractivity contribution in [2.24, 2.45) is 0 Å². The Kier molecular flexibility index (Phi) is 4.61. The van der Waals surface area contributed by atoms with Gasteiger partial charge in [-0.2, -0.15) is 0 Å². The number of rotatable bonds is 5. The first-order chi connectivity index (χ1) is 10.1. The van der Waals surface area contributed by atoms with Gasteiger partial charge in [-0.05, 0) is 30.7 Å². The summed E-state index contributed by atoms with van der Waals surface area (Å²) in [6.07, 6.45) is 4.45. The molecule has 2 aromatic rings. The summed E-state index contributed by atoms with van der Waals surface area (Å²) in [6.45, 7) is 1.88. The number of hydrogen-bond acceptors (Lipinski definition) is 4. The highest BCUT2D eigenvalue weighted by Crippen LogP contribution is 2.19. The van der Waals surface area contributed by atoms with Gasteiger partial charge in [0.15, 0.2) is 0 Å². The molecule has 0 aliphatic heterocycles. The standard InChI is InChI=1S/C15H15N3O3/c1-11-4-2-8-17-14(11)18(9-6-13(19)20)15(21)12-5-3-7-16-10-12/h2-5,7-8,10H,6,9H2,1H3,(H,19,20). The van der Waals surface area contributed by atoms with E-state index in [0.717, 1.165) is 5.56 Å². The summed E-state index contributed by atoms with van der Waals surface area (Å²) in [6, 6.07) is 6.89. The van der Waals surface area contributed by atoms with Gasteiger partial charge in [-0.15, -0.1) is 0 Å². The summed E-state index contributed by atoms with van der Waals surface area (Å²) in [7, 11) is 0. The molecule has 0 radical (unpaired) electrons. The van der Waals surface area contributed by atoms with Gasteiger partial charge in [0, 0.05) is 25.1 Å². The van der Waals surface area contributed by atoms with Crippen LogP contribution in [0.4, 0.5) is 5.82 Å². The summed E-state index contributed by atoms with van der Waals surface area (Å²) in [4.78, 5) is 32.9. The minimum atomic E-state index is -0.965. The number of anilines is 1. The highest BCUT2D eigenvalue weighted by Gasteiger charge is 2.21. The summed E-state index contributed by atoms with van der Waals surface area (Å²) in [5.41, 5.74) is 1.20. The Morgan fingerprint density at radius 3 is 2.62 bits per heavy atom. The van der Waals surface area contributed by atoms with Crippen molar-refractivity contribution < 1.29 is 14.7 Å². The van der Waals surface area contributed by atoms with E-state index in [4.69, 9.17) is 5.11 Å². The molecule has 0 spiro atoms. The first kappa shape index (κ1) is 14.6. The second kappa shape index (κ2) is 6.60. The highest BCUT2D eigenvalue weighted by atomic mass is 16.4. The van der Waals surface area contributed by atoms with Crippen LogP contribution in [-0.4, -0.2) is 33.5 Å². The van der Waals surface area contributed by atoms with Gasteiger partial charge in [0.2, 0.25) is 0 Å². The molecule has 0 aliphatic carbocycles. The van der Waals surface area contributed by atoms with Crippen LogP contribution in [0, 0.1) is 6.92 Å². The summed E-state index contributed by atoms with van der Waals surface area (Å²) < 4.78 is 0. The average Bonchev–Trinajstić information content (AvgIpc) is 2.49. The molecule has 0 bridgehead atoms. The largest absolute Gasteiger partial charge is 0.481 e. The number of hydrogen-bond donors (Lipinski definition) is 1. The zero-order valence-corrected chi connectivity index (χ0v) is 11.6. The zero-order chi connectivity index (χ0) is 15.2. The van der Waals surface area contributed by atoms with Crippen molar-refractivity contribution in [2.75, 3.05) is 11.4 Å². The molecule has 0 unspecified atom stereocenters. The van der Waals surface area contributed by atoms with E-state index in [-0.39, 0.29) is 18.9 Å². The van der Waals surface area contributed by atoms with Crippen molar-refractivity contribution >= 4 is 17.7 Å². The molecule has 1 N–H and O–H groups in total. The van der Waals surface area contributed by atoms with Crippen LogP contribution in [0.25, 0.3) is 0 Å². The normalized spacial score (nSPS) is 10.1. The lowest BCUT2D eigenvalue weighted by atomic mass is 10.2. The van der Waals surface area contributed by atoms with Gasteiger partial charge in [-0.1, -0.05) is 6.07 Å². The molecule has 21 heavy (non-hydrogen) atoms. The van der Waals surface area contributed by atoms with Crippen molar-refractivity contribution in [1.82, 2.24) is 9.97 Å². The number of aliphatic carboxylic acids is 1. The van der Waals surface area contributed by atoms with Crippen LogP contribution in [0.3, 0.4) is 0 Å². The molecule has 0 saturated carbocycles. The van der Waals surface area contributed by atoms with E-state index in [9.17, 15) is 9.59 Å². The SMILES string of the molecule is Cc1cccnc1N(CCC(=O)O)C(=O)c1cccnc1. The minimum absolute atomic E-state index is 0.0565. The van der Waals surface area contributed by atoms with E-state index in [1.807, 2.05) is 13.0 Å². The van der Waals surface area contributed by atoms with Crippen molar-refractivity contribution in [3.63, 3.8) is 0 Å². The summed E-state index contributed by atoms with van der Waals surface area (Å²) in [5, 5.41) is 8.86. The lowest BCUT2D eigenvalue weighted by Crippen LogP contribution is -2.34. The summed E-state index contributed by atoms with van der Waals surface area (Å²) >= 11 is 0. The second-order valence-electron chi connectivity index (χ2n) is 4.49. The van der Waals surface area contributed by atoms with Crippen molar-refractivity contribution in [2.45, 2.75) is 13.3 Å². The van der Waals surface area contributed by atoms with Gasteiger partial charge < -0.3 is 5.11 Å². The Balaban J connectivity index is 2.34. The predicted molar refractivity (Wildman–Crippen MR) is 77.1 cm³/mol. The summed E-state index contributed by atoms with van der Waals surface area (Å²) in [5.74, 6) is -0.814. The highest BCUT2D eigenvalue weighted by molar-refractivity contribution is 6.05. The maximum Gasteiger partial charge on any atom is 0.305 e. The molecule has 1 amide bonds. The average molecular weight is 285 g/mol. The lowest BCUT2D eigenvalue weighted by Gasteiger charge is -2.22. The van der Waals surface area contributed by atoms with Gasteiger partial charge in [0.05, 0.1) is 12.0 Å². The fraction of sp³-hybridized carbons (Fsp3) is 0.200. The molecule has 0 aliphatic rings. The van der Waals surface area contributed by atoms with Crippen LogP contribution in [0.15, 0.2) is 42.9 Å². The van der Waals surface area contributed by atoms with Crippen LogP contribution in [-0.2, 0) is 4.79 Å². The maximum absolute atomic E-state index is 12.6. The van der Waals surface area contributed by atoms with Crippen LogP contribution < -0.4 is 4.90 Å². The third-order valence-corrected chi connectivity index (χ3v) is 2.94. The van der Waals surface area contributed by atoms with Crippen molar-refractivity contribution in [3.05, 3.63) is 54.0 Å². The fourth-order valence-electron chi connectivity index (χ4n) is 1.92. The van der Waals surface area contributed by atoms with Gasteiger partial charge in [0.1, 0.15) is 5.82 Å². The number of nitrogens with zero attached hydrogens (tertiary/aromatic N) is 3. The quantitative estimate of drug-likeness (QED) is 0.907. The van der Waals surface area contributed by atoms with Gasteiger partial charge >= 0.3 is 5.97 Å². The van der Waals surface area contributed by atoms with Gasteiger partial charge in [0.25, 0.3) is 5.91 Å². The Bertz CT molecular complexity index is 644. The molecule has 2 heterocycles. The van der Waals surface area contributed by atoms with E-state index in [0.29, 0.717) is 11.4 Å². The fourth-order valence-corrected chi connectivity index (χ4v) is 1.92. The minimum Gasteiger partial charge on any atom is -0.481 e. The number of amides is 1. The van der Waals surface area contributed by atoms with Gasteiger partial charge in [-0.25, -0.2) is 4.98 Å². The number of carboxylic acids is 1. The molecule has 2 aromatic heterocycles. The topological polar surface area (TPSA) is 83.4 Å². The van der Waals surface area contributed by atoms with Crippen LogP contribution in [0.1, 0.15) is 22.3 Å². The first-order valence-electron chi connectivity index (χ1n) is 6.45. The molecular formula is C15H15N3O3. The van der Waals surface area contributed by atoms with Crippen molar-refractivity contribution in [1.29, 1.82) is 0 Å². The van der Waals surface area contributed by atoms with Crippen molar-refractivity contribution in [3.8, 4) is 0 Å². The Hall–Kier alpha value is -2.76. The molecular weight excluding hydrogens is 270 g/mol. The molecule has 108 valence electrons. The first-order valence-corrected chi connectivity index (χ1v) is 6.45. The lowest BCUT2D eigenvalue weighted by molar-refractivity contribution is -0.136. The molecule has 2 rings (SSSR count). The van der Waals surface area contributed by atoms with Crippen LogP contribution in [0.2, 0.25) is 0 Å². The number of aryl methyl sites for hydroxylation is 1. The van der Waals surface area contributed by atoms with Crippen LogP contribution in [0.5, 0.6) is 0 Å². The number of carbonyl (C=O) groups is 2. The predicted octanol–water partition coefficient (Wildman–Crippen LogP) is 1.91. The molecule has 0 aromatic carbocycles. The monoisotopic (exact) mass is 285 g/mol. The molecule has 6 heteroatoms. The van der Waals surface area contributed by atoms with Crippen LogP contribution >= 0.6 is 0 Å². The number of pyridine rings is 2. The molecule has 0 atom stereocenters. The van der Waals surface area contributed by atoms with E-state index < -0.39 is 5.97 Å². The number of aromatic nitrogens is 2. The second-order valence-corrected chi connectivity index (χ2v) is 4.49. The van der Waals surface area contributed by atoms with E-state index in [1.165, 1.54) is 11.1 Å². The number of carboxylic acid groups (broad SMARTS) is 1. The Morgan fingerprint density at radius 1 is 1.24 bits per heavy atom. The third kappa shape index (κ3) is 3.62.